The van der Waals surface area contributed by atoms with Gasteiger partial charge in [0, 0.05) is 17.6 Å². The number of anilines is 1. The molecule has 1 amide bonds. The van der Waals surface area contributed by atoms with Crippen LogP contribution in [0.2, 0.25) is 0 Å². The van der Waals surface area contributed by atoms with E-state index in [1.807, 2.05) is 24.3 Å². The van der Waals surface area contributed by atoms with Gasteiger partial charge in [0.15, 0.2) is 0 Å². The van der Waals surface area contributed by atoms with E-state index in [9.17, 15) is 9.90 Å². The van der Waals surface area contributed by atoms with Crippen molar-refractivity contribution >= 4 is 27.5 Å². The predicted molar refractivity (Wildman–Crippen MR) is 74.5 cm³/mol. The number of benzene rings is 1. The Hall–Kier alpha value is -0.910. The smallest absolute Gasteiger partial charge is 0.238 e. The number of aliphatic hydroxyl groups is 1. The molecule has 1 saturated heterocycles. The molecule has 1 aromatic carbocycles. The summed E-state index contributed by atoms with van der Waals surface area (Å²) in [5.41, 5.74) is 0.791. The number of amides is 1. The maximum atomic E-state index is 11.9. The summed E-state index contributed by atoms with van der Waals surface area (Å²) in [4.78, 5) is 13.9. The molecule has 0 spiro atoms. The summed E-state index contributed by atoms with van der Waals surface area (Å²) < 4.78 is 0.882. The molecule has 1 aliphatic rings. The Balaban J connectivity index is 1.84. The van der Waals surface area contributed by atoms with Gasteiger partial charge in [-0.05, 0) is 40.9 Å². The van der Waals surface area contributed by atoms with E-state index in [0.29, 0.717) is 6.54 Å². The van der Waals surface area contributed by atoms with Gasteiger partial charge < -0.3 is 10.4 Å². The quantitative estimate of drug-likeness (QED) is 0.895. The molecule has 1 aliphatic heterocycles. The number of rotatable bonds is 3. The summed E-state index contributed by atoms with van der Waals surface area (Å²) in [6, 6.07) is 7.55. The van der Waals surface area contributed by atoms with Crippen LogP contribution >= 0.6 is 15.9 Å². The number of nitrogens with zero attached hydrogens (tertiary/aromatic N) is 1. The van der Waals surface area contributed by atoms with Gasteiger partial charge in [0.25, 0.3) is 0 Å². The molecule has 0 atom stereocenters. The Kier molecular flexibility index (Phi) is 4.74. The monoisotopic (exact) mass is 312 g/mol. The summed E-state index contributed by atoms with van der Waals surface area (Å²) >= 11 is 3.40. The molecule has 0 bridgehead atoms. The first-order valence-corrected chi connectivity index (χ1v) is 6.89. The van der Waals surface area contributed by atoms with Crippen LogP contribution in [0, 0.1) is 0 Å². The first-order valence-electron chi connectivity index (χ1n) is 6.10. The van der Waals surface area contributed by atoms with Crippen LogP contribution in [0.1, 0.15) is 12.8 Å². The van der Waals surface area contributed by atoms with Crippen LogP contribution in [0.25, 0.3) is 0 Å². The standard InChI is InChI=1S/C13H17BrN2O2/c14-11-3-1-2-4-12(11)15-13(18)9-16-7-5-10(17)6-8-16/h1-4,10,17H,5-9H2,(H,15,18). The molecule has 18 heavy (non-hydrogen) atoms. The van der Waals surface area contributed by atoms with E-state index in [0.717, 1.165) is 36.1 Å². The molecular formula is C13H17BrN2O2. The minimum absolute atomic E-state index is 0.0155. The van der Waals surface area contributed by atoms with E-state index in [4.69, 9.17) is 0 Å². The van der Waals surface area contributed by atoms with Gasteiger partial charge in [-0.15, -0.1) is 0 Å². The van der Waals surface area contributed by atoms with Crippen LogP contribution in [0.3, 0.4) is 0 Å². The number of carbonyl (C=O) groups excluding carboxylic acids is 1. The van der Waals surface area contributed by atoms with E-state index in [1.54, 1.807) is 0 Å². The Morgan fingerprint density at radius 2 is 2.06 bits per heavy atom. The van der Waals surface area contributed by atoms with Gasteiger partial charge in [-0.1, -0.05) is 12.1 Å². The molecule has 4 nitrogen and oxygen atoms in total. The second-order valence-electron chi connectivity index (χ2n) is 4.54. The molecule has 0 radical (unpaired) electrons. The second kappa shape index (κ2) is 6.31. The normalized spacial score (nSPS) is 17.7. The SMILES string of the molecule is O=C(CN1CCC(O)CC1)Nc1ccccc1Br. The molecular weight excluding hydrogens is 296 g/mol. The average molecular weight is 313 g/mol. The predicted octanol–water partition coefficient (Wildman–Crippen LogP) is 1.84. The van der Waals surface area contributed by atoms with Crippen molar-refractivity contribution in [3.63, 3.8) is 0 Å². The van der Waals surface area contributed by atoms with Crippen molar-refractivity contribution in [3.05, 3.63) is 28.7 Å². The zero-order valence-corrected chi connectivity index (χ0v) is 11.7. The number of nitrogens with one attached hydrogen (secondary N) is 1. The Morgan fingerprint density at radius 3 is 2.72 bits per heavy atom. The Morgan fingerprint density at radius 1 is 1.39 bits per heavy atom. The van der Waals surface area contributed by atoms with Gasteiger partial charge in [-0.2, -0.15) is 0 Å². The van der Waals surface area contributed by atoms with Crippen LogP contribution in [0.5, 0.6) is 0 Å². The lowest BCUT2D eigenvalue weighted by molar-refractivity contribution is -0.117. The van der Waals surface area contributed by atoms with Crippen molar-refractivity contribution in [2.75, 3.05) is 25.0 Å². The molecule has 98 valence electrons. The van der Waals surface area contributed by atoms with Gasteiger partial charge in [0.05, 0.1) is 18.3 Å². The van der Waals surface area contributed by atoms with Crippen molar-refractivity contribution in [1.29, 1.82) is 0 Å². The van der Waals surface area contributed by atoms with E-state index in [2.05, 4.69) is 26.1 Å². The third-order valence-electron chi connectivity index (χ3n) is 3.07. The minimum Gasteiger partial charge on any atom is -0.393 e. The highest BCUT2D eigenvalue weighted by atomic mass is 79.9. The van der Waals surface area contributed by atoms with Crippen molar-refractivity contribution in [2.45, 2.75) is 18.9 Å². The van der Waals surface area contributed by atoms with Crippen LogP contribution in [-0.4, -0.2) is 41.7 Å². The van der Waals surface area contributed by atoms with Gasteiger partial charge in [0.2, 0.25) is 5.91 Å². The van der Waals surface area contributed by atoms with Crippen LogP contribution in [-0.2, 0) is 4.79 Å². The number of carbonyl (C=O) groups is 1. The first-order chi connectivity index (χ1) is 8.65. The summed E-state index contributed by atoms with van der Waals surface area (Å²) in [5.74, 6) is -0.0155. The number of likely N-dealkylation sites (tertiary alicyclic amines) is 1. The van der Waals surface area contributed by atoms with Crippen molar-refractivity contribution in [1.82, 2.24) is 4.90 Å². The molecule has 1 fully saturated rings. The maximum absolute atomic E-state index is 11.9. The molecule has 2 rings (SSSR count). The van der Waals surface area contributed by atoms with E-state index < -0.39 is 0 Å². The fourth-order valence-corrected chi connectivity index (χ4v) is 2.42. The fraction of sp³-hybridized carbons (Fsp3) is 0.462. The molecule has 0 aromatic heterocycles. The molecule has 0 saturated carbocycles. The highest BCUT2D eigenvalue weighted by Crippen LogP contribution is 2.21. The lowest BCUT2D eigenvalue weighted by Crippen LogP contribution is -2.40. The topological polar surface area (TPSA) is 52.6 Å². The van der Waals surface area contributed by atoms with E-state index in [1.165, 1.54) is 0 Å². The Labute approximate surface area is 115 Å². The summed E-state index contributed by atoms with van der Waals surface area (Å²) in [7, 11) is 0. The van der Waals surface area contributed by atoms with Crippen LogP contribution < -0.4 is 5.32 Å². The lowest BCUT2D eigenvalue weighted by atomic mass is 10.1. The van der Waals surface area contributed by atoms with Gasteiger partial charge in [-0.25, -0.2) is 0 Å². The lowest BCUT2D eigenvalue weighted by Gasteiger charge is -2.28. The number of hydrogen-bond donors (Lipinski definition) is 2. The largest absolute Gasteiger partial charge is 0.393 e. The molecule has 1 aromatic rings. The molecule has 5 heteroatoms. The number of hydrogen-bond acceptors (Lipinski definition) is 3. The molecule has 1 heterocycles. The van der Waals surface area contributed by atoms with Crippen molar-refractivity contribution in [3.8, 4) is 0 Å². The van der Waals surface area contributed by atoms with Gasteiger partial charge in [-0.3, -0.25) is 9.69 Å². The number of piperidine rings is 1. The fourth-order valence-electron chi connectivity index (χ4n) is 2.03. The minimum atomic E-state index is -0.201. The summed E-state index contributed by atoms with van der Waals surface area (Å²) in [6.07, 6.45) is 1.30. The van der Waals surface area contributed by atoms with E-state index in [-0.39, 0.29) is 12.0 Å². The van der Waals surface area contributed by atoms with Crippen molar-refractivity contribution in [2.24, 2.45) is 0 Å². The summed E-state index contributed by atoms with van der Waals surface area (Å²) in [6.45, 7) is 1.95. The third-order valence-corrected chi connectivity index (χ3v) is 3.76. The van der Waals surface area contributed by atoms with Gasteiger partial charge in [0.1, 0.15) is 0 Å². The number of para-hydroxylation sites is 1. The Bertz CT molecular complexity index is 417. The third kappa shape index (κ3) is 3.80. The van der Waals surface area contributed by atoms with Gasteiger partial charge >= 0.3 is 0 Å². The molecule has 2 N–H and O–H groups in total. The van der Waals surface area contributed by atoms with Crippen LogP contribution in [0.15, 0.2) is 28.7 Å². The van der Waals surface area contributed by atoms with Crippen LogP contribution in [0.4, 0.5) is 5.69 Å². The highest BCUT2D eigenvalue weighted by molar-refractivity contribution is 9.10. The zero-order chi connectivity index (χ0) is 13.0. The maximum Gasteiger partial charge on any atom is 0.238 e. The second-order valence-corrected chi connectivity index (χ2v) is 5.39. The molecule has 0 aliphatic carbocycles. The highest BCUT2D eigenvalue weighted by Gasteiger charge is 2.19. The van der Waals surface area contributed by atoms with Crippen molar-refractivity contribution < 1.29 is 9.90 Å². The summed E-state index contributed by atoms with van der Waals surface area (Å²) in [5, 5.41) is 12.3. The number of aliphatic hydroxyl groups excluding tert-OH is 1. The average Bonchev–Trinajstić information content (AvgIpc) is 2.35. The molecule has 0 unspecified atom stereocenters. The van der Waals surface area contributed by atoms with E-state index >= 15 is 0 Å². The zero-order valence-electron chi connectivity index (χ0n) is 10.1. The first kappa shape index (κ1) is 13.5. The number of halogens is 1.